The van der Waals surface area contributed by atoms with Crippen LogP contribution in [0.15, 0.2) is 42.9 Å². The van der Waals surface area contributed by atoms with E-state index in [1.54, 1.807) is 13.1 Å². The molecule has 0 fully saturated rings. The summed E-state index contributed by atoms with van der Waals surface area (Å²) in [4.78, 5) is 19.9. The minimum atomic E-state index is -0.494. The predicted octanol–water partition coefficient (Wildman–Crippen LogP) is 2.11. The van der Waals surface area contributed by atoms with E-state index in [2.05, 4.69) is 25.4 Å². The van der Waals surface area contributed by atoms with Crippen LogP contribution in [0, 0.1) is 0 Å². The highest BCUT2D eigenvalue weighted by atomic mass is 16.5. The van der Waals surface area contributed by atoms with Gasteiger partial charge in [-0.15, -0.1) is 5.10 Å². The van der Waals surface area contributed by atoms with Gasteiger partial charge in [0.25, 0.3) is 0 Å². The lowest BCUT2D eigenvalue weighted by Gasteiger charge is -2.03. The summed E-state index contributed by atoms with van der Waals surface area (Å²) in [6.07, 6.45) is 3.19. The van der Waals surface area contributed by atoms with Crippen molar-refractivity contribution in [1.82, 2.24) is 25.4 Å². The molecule has 0 aliphatic heterocycles. The number of nitrogens with zero attached hydrogens (tertiary/aromatic N) is 4. The third kappa shape index (κ3) is 2.69. The Labute approximate surface area is 126 Å². The van der Waals surface area contributed by atoms with E-state index < -0.39 is 5.97 Å². The molecule has 2 aromatic heterocycles. The summed E-state index contributed by atoms with van der Waals surface area (Å²) < 4.78 is 4.96. The lowest BCUT2D eigenvalue weighted by Crippen LogP contribution is -2.06. The molecular weight excluding hydrogens is 282 g/mol. The molecule has 0 radical (unpaired) electrons. The van der Waals surface area contributed by atoms with Gasteiger partial charge in [-0.25, -0.2) is 14.8 Å². The largest absolute Gasteiger partial charge is 0.461 e. The normalized spacial score (nSPS) is 10.4. The number of carbonyl (C=O) groups excluding carboxylic acids is 1. The zero-order valence-corrected chi connectivity index (χ0v) is 11.9. The van der Waals surface area contributed by atoms with Gasteiger partial charge in [0.2, 0.25) is 0 Å². The summed E-state index contributed by atoms with van der Waals surface area (Å²) in [6, 6.07) is 9.35. The summed E-state index contributed by atoms with van der Waals surface area (Å²) in [6.45, 7) is 2.03. The minimum Gasteiger partial charge on any atom is -0.461 e. The molecule has 3 rings (SSSR count). The van der Waals surface area contributed by atoms with Crippen molar-refractivity contribution in [2.24, 2.45) is 0 Å². The first-order valence-corrected chi connectivity index (χ1v) is 6.74. The second-order valence-electron chi connectivity index (χ2n) is 4.41. The lowest BCUT2D eigenvalue weighted by molar-refractivity contribution is 0.0520. The Morgan fingerprint density at radius 1 is 1.14 bits per heavy atom. The van der Waals surface area contributed by atoms with Gasteiger partial charge in [-0.05, 0) is 13.0 Å². The molecule has 2 heterocycles. The van der Waals surface area contributed by atoms with Gasteiger partial charge in [-0.2, -0.15) is 10.3 Å². The fourth-order valence-corrected chi connectivity index (χ4v) is 2.03. The number of benzene rings is 1. The van der Waals surface area contributed by atoms with E-state index in [1.165, 1.54) is 6.33 Å². The van der Waals surface area contributed by atoms with E-state index in [0.29, 0.717) is 5.69 Å². The van der Waals surface area contributed by atoms with Crippen LogP contribution in [0.5, 0.6) is 0 Å². The van der Waals surface area contributed by atoms with Gasteiger partial charge < -0.3 is 4.74 Å². The molecule has 110 valence electrons. The zero-order chi connectivity index (χ0) is 15.4. The van der Waals surface area contributed by atoms with Crippen molar-refractivity contribution in [2.45, 2.75) is 6.92 Å². The molecule has 0 aliphatic rings. The van der Waals surface area contributed by atoms with Crippen LogP contribution in [0.1, 0.15) is 17.4 Å². The molecular formula is C15H13N5O2. The van der Waals surface area contributed by atoms with E-state index in [1.807, 2.05) is 30.3 Å². The average molecular weight is 295 g/mol. The van der Waals surface area contributed by atoms with E-state index in [4.69, 9.17) is 4.74 Å². The fraction of sp³-hybridized carbons (Fsp3) is 0.133. The highest BCUT2D eigenvalue weighted by Gasteiger charge is 2.18. The van der Waals surface area contributed by atoms with Crippen molar-refractivity contribution in [3.05, 3.63) is 48.5 Å². The maximum absolute atomic E-state index is 11.8. The summed E-state index contributed by atoms with van der Waals surface area (Å²) in [7, 11) is 0. The van der Waals surface area contributed by atoms with Gasteiger partial charge >= 0.3 is 5.97 Å². The Bertz CT molecular complexity index is 768. The molecule has 3 aromatic rings. The predicted molar refractivity (Wildman–Crippen MR) is 78.8 cm³/mol. The van der Waals surface area contributed by atoms with E-state index in [9.17, 15) is 4.79 Å². The standard InChI is InChI=1S/C15H13N5O2/c1-2-22-15(21)14-13(18-20-19-14)11-5-3-10(4-6-11)12-7-8-16-9-17-12/h3-9H,2H2,1H3,(H,18,19,20). The molecule has 7 nitrogen and oxygen atoms in total. The highest BCUT2D eigenvalue weighted by molar-refractivity contribution is 5.94. The third-order valence-electron chi connectivity index (χ3n) is 3.05. The van der Waals surface area contributed by atoms with Gasteiger partial charge in [-0.1, -0.05) is 24.3 Å². The zero-order valence-electron chi connectivity index (χ0n) is 11.9. The molecule has 0 saturated heterocycles. The molecule has 0 unspecified atom stereocenters. The van der Waals surface area contributed by atoms with Crippen LogP contribution in [0.4, 0.5) is 0 Å². The van der Waals surface area contributed by atoms with Gasteiger partial charge in [-0.3, -0.25) is 0 Å². The number of esters is 1. The SMILES string of the molecule is CCOC(=O)c1n[nH]nc1-c1ccc(-c2ccncn2)cc1. The maximum atomic E-state index is 11.8. The molecule has 0 atom stereocenters. The molecule has 0 spiro atoms. The first-order chi connectivity index (χ1) is 10.8. The second-order valence-corrected chi connectivity index (χ2v) is 4.41. The molecule has 22 heavy (non-hydrogen) atoms. The van der Waals surface area contributed by atoms with Crippen LogP contribution in [0.2, 0.25) is 0 Å². The van der Waals surface area contributed by atoms with Crippen molar-refractivity contribution in [2.75, 3.05) is 6.61 Å². The Morgan fingerprint density at radius 2 is 1.91 bits per heavy atom. The number of hydrogen-bond acceptors (Lipinski definition) is 6. The monoisotopic (exact) mass is 295 g/mol. The number of rotatable bonds is 4. The van der Waals surface area contributed by atoms with E-state index >= 15 is 0 Å². The number of ether oxygens (including phenoxy) is 1. The maximum Gasteiger partial charge on any atom is 0.361 e. The van der Waals surface area contributed by atoms with Crippen LogP contribution in [0.25, 0.3) is 22.5 Å². The van der Waals surface area contributed by atoms with E-state index in [-0.39, 0.29) is 12.3 Å². The number of H-pyrrole nitrogens is 1. The average Bonchev–Trinajstić information content (AvgIpc) is 3.06. The van der Waals surface area contributed by atoms with Gasteiger partial charge in [0.05, 0.1) is 12.3 Å². The van der Waals surface area contributed by atoms with Crippen molar-refractivity contribution in [3.8, 4) is 22.5 Å². The van der Waals surface area contributed by atoms with Gasteiger partial charge in [0, 0.05) is 17.3 Å². The fourth-order valence-electron chi connectivity index (χ4n) is 2.03. The van der Waals surface area contributed by atoms with Crippen molar-refractivity contribution in [3.63, 3.8) is 0 Å². The van der Waals surface area contributed by atoms with Crippen LogP contribution >= 0.6 is 0 Å². The Hall–Kier alpha value is -3.09. The van der Waals surface area contributed by atoms with Crippen LogP contribution in [0.3, 0.4) is 0 Å². The van der Waals surface area contributed by atoms with Crippen LogP contribution in [-0.2, 0) is 4.74 Å². The minimum absolute atomic E-state index is 0.177. The molecule has 0 amide bonds. The van der Waals surface area contributed by atoms with Crippen LogP contribution in [-0.4, -0.2) is 38.0 Å². The lowest BCUT2D eigenvalue weighted by atomic mass is 10.1. The number of aromatic amines is 1. The molecule has 1 N–H and O–H groups in total. The third-order valence-corrected chi connectivity index (χ3v) is 3.05. The molecule has 0 saturated carbocycles. The molecule has 7 heteroatoms. The highest BCUT2D eigenvalue weighted by Crippen LogP contribution is 2.24. The Balaban J connectivity index is 1.91. The molecule has 0 aliphatic carbocycles. The summed E-state index contributed by atoms with van der Waals surface area (Å²) in [5.41, 5.74) is 3.19. The van der Waals surface area contributed by atoms with Crippen LogP contribution < -0.4 is 0 Å². The van der Waals surface area contributed by atoms with Gasteiger partial charge in [0.15, 0.2) is 5.69 Å². The topological polar surface area (TPSA) is 93.7 Å². The second kappa shape index (κ2) is 6.13. The first kappa shape index (κ1) is 13.9. The first-order valence-electron chi connectivity index (χ1n) is 6.74. The van der Waals surface area contributed by atoms with Crippen molar-refractivity contribution >= 4 is 5.97 Å². The smallest absolute Gasteiger partial charge is 0.361 e. The summed E-state index contributed by atoms with van der Waals surface area (Å²) in [5, 5.41) is 10.4. The number of aromatic nitrogens is 5. The number of nitrogens with one attached hydrogen (secondary N) is 1. The Kier molecular flexibility index (Phi) is 3.86. The molecule has 1 aromatic carbocycles. The quantitative estimate of drug-likeness (QED) is 0.741. The molecule has 0 bridgehead atoms. The Morgan fingerprint density at radius 3 is 2.59 bits per heavy atom. The van der Waals surface area contributed by atoms with Gasteiger partial charge in [0.1, 0.15) is 12.0 Å². The summed E-state index contributed by atoms with van der Waals surface area (Å²) in [5.74, 6) is -0.494. The number of hydrogen-bond donors (Lipinski definition) is 1. The number of carbonyl (C=O) groups is 1. The van der Waals surface area contributed by atoms with Crippen molar-refractivity contribution < 1.29 is 9.53 Å². The summed E-state index contributed by atoms with van der Waals surface area (Å²) >= 11 is 0. The van der Waals surface area contributed by atoms with E-state index in [0.717, 1.165) is 16.8 Å². The van der Waals surface area contributed by atoms with Crippen molar-refractivity contribution in [1.29, 1.82) is 0 Å².